The lowest BCUT2D eigenvalue weighted by molar-refractivity contribution is -0.126. The Kier molecular flexibility index (Phi) is 6.34. The number of amides is 2. The smallest absolute Gasteiger partial charge is 0.251 e. The molecule has 6 nitrogen and oxygen atoms in total. The summed E-state index contributed by atoms with van der Waals surface area (Å²) in [4.78, 5) is 25.6. The van der Waals surface area contributed by atoms with E-state index >= 15 is 0 Å². The van der Waals surface area contributed by atoms with Gasteiger partial charge in [-0.3, -0.25) is 9.59 Å². The molecule has 0 heterocycles. The van der Waals surface area contributed by atoms with E-state index in [0.29, 0.717) is 16.8 Å². The van der Waals surface area contributed by atoms with Crippen LogP contribution in [0.2, 0.25) is 0 Å². The molecule has 0 atom stereocenters. The summed E-state index contributed by atoms with van der Waals surface area (Å²) in [5.41, 5.74) is 3.55. The number of anilines is 1. The second kappa shape index (κ2) is 8.67. The van der Waals surface area contributed by atoms with Gasteiger partial charge in [-0.15, -0.1) is 0 Å². The molecule has 0 saturated heterocycles. The number of nitrogens with one attached hydrogen (secondary N) is 2. The summed E-state index contributed by atoms with van der Waals surface area (Å²) in [5.74, 6) is -0.254. The molecule has 2 rings (SSSR count). The molecule has 0 aliphatic rings. The van der Waals surface area contributed by atoms with Gasteiger partial charge in [-0.25, -0.2) is 0 Å². The first-order valence-electron chi connectivity index (χ1n) is 8.22. The molecule has 0 aliphatic heterocycles. The van der Waals surface area contributed by atoms with Gasteiger partial charge in [0, 0.05) is 31.9 Å². The van der Waals surface area contributed by atoms with Crippen molar-refractivity contribution in [1.82, 2.24) is 10.2 Å². The van der Waals surface area contributed by atoms with Gasteiger partial charge in [0.1, 0.15) is 0 Å². The molecule has 134 valence electrons. The zero-order valence-corrected chi connectivity index (χ0v) is 15.2. The summed E-state index contributed by atoms with van der Waals surface area (Å²) >= 11 is 0. The van der Waals surface area contributed by atoms with Crippen LogP contribution in [0.5, 0.6) is 0 Å². The molecule has 0 aromatic heterocycles. The average Bonchev–Trinajstić information content (AvgIpc) is 2.64. The normalized spacial score (nSPS) is 9.92. The topological polar surface area (TPSA) is 85.2 Å². The number of hydrogen-bond donors (Lipinski definition) is 2. The molecule has 0 bridgehead atoms. The van der Waals surface area contributed by atoms with Crippen molar-refractivity contribution >= 4 is 17.5 Å². The predicted octanol–water partition coefficient (Wildman–Crippen LogP) is 2.30. The number of nitriles is 1. The van der Waals surface area contributed by atoms with Gasteiger partial charge in [0.15, 0.2) is 0 Å². The molecule has 0 radical (unpaired) electrons. The maximum Gasteiger partial charge on any atom is 0.251 e. The maximum atomic E-state index is 12.3. The maximum absolute atomic E-state index is 12.3. The monoisotopic (exact) mass is 350 g/mol. The van der Waals surface area contributed by atoms with Gasteiger partial charge >= 0.3 is 0 Å². The molecule has 0 saturated carbocycles. The zero-order chi connectivity index (χ0) is 19.1. The minimum Gasteiger partial charge on any atom is -0.376 e. The van der Waals surface area contributed by atoms with E-state index in [1.54, 1.807) is 38.4 Å². The summed E-state index contributed by atoms with van der Waals surface area (Å²) in [6.07, 6.45) is 0. The fourth-order valence-corrected chi connectivity index (χ4v) is 2.36. The van der Waals surface area contributed by atoms with E-state index in [1.165, 1.54) is 4.90 Å². The largest absolute Gasteiger partial charge is 0.376 e. The van der Waals surface area contributed by atoms with Crippen molar-refractivity contribution in [3.63, 3.8) is 0 Å². The van der Waals surface area contributed by atoms with Crippen LogP contribution in [0, 0.1) is 18.3 Å². The highest BCUT2D eigenvalue weighted by atomic mass is 16.2. The van der Waals surface area contributed by atoms with E-state index in [2.05, 4.69) is 16.7 Å². The molecular weight excluding hydrogens is 328 g/mol. The molecule has 26 heavy (non-hydrogen) atoms. The lowest BCUT2D eigenvalue weighted by Gasteiger charge is -2.15. The molecule has 0 fully saturated rings. The number of carbonyl (C=O) groups is 2. The second-order valence-corrected chi connectivity index (χ2v) is 6.18. The van der Waals surface area contributed by atoms with Crippen LogP contribution in [0.3, 0.4) is 0 Å². The number of carbonyl (C=O) groups excluding carboxylic acids is 2. The summed E-state index contributed by atoms with van der Waals surface area (Å²) in [7, 11) is 3.36. The molecule has 6 heteroatoms. The van der Waals surface area contributed by atoms with Crippen molar-refractivity contribution < 1.29 is 9.59 Å². The Bertz CT molecular complexity index is 853. The van der Waals surface area contributed by atoms with E-state index in [9.17, 15) is 9.59 Å². The Morgan fingerprint density at radius 3 is 2.58 bits per heavy atom. The highest BCUT2D eigenvalue weighted by Gasteiger charge is 2.10. The van der Waals surface area contributed by atoms with Gasteiger partial charge in [0.2, 0.25) is 5.91 Å². The van der Waals surface area contributed by atoms with E-state index in [4.69, 9.17) is 5.26 Å². The molecule has 0 aliphatic carbocycles. The third-order valence-electron chi connectivity index (χ3n) is 3.89. The Labute approximate surface area is 153 Å². The van der Waals surface area contributed by atoms with Crippen LogP contribution in [0.25, 0.3) is 0 Å². The third kappa shape index (κ3) is 5.08. The first kappa shape index (κ1) is 19.0. The van der Waals surface area contributed by atoms with Crippen LogP contribution in [-0.2, 0) is 11.3 Å². The average molecular weight is 350 g/mol. The van der Waals surface area contributed by atoms with E-state index < -0.39 is 0 Å². The summed E-state index contributed by atoms with van der Waals surface area (Å²) < 4.78 is 0. The van der Waals surface area contributed by atoms with Gasteiger partial charge in [-0.1, -0.05) is 23.8 Å². The van der Waals surface area contributed by atoms with Crippen molar-refractivity contribution in [2.45, 2.75) is 13.5 Å². The molecule has 2 aromatic carbocycles. The second-order valence-electron chi connectivity index (χ2n) is 6.18. The SMILES string of the molecule is Cc1cccc(C(=O)NCc2ccc(C#N)cc2NCC(=O)N(C)C)c1. The van der Waals surface area contributed by atoms with Crippen LogP contribution < -0.4 is 10.6 Å². The van der Waals surface area contributed by atoms with Crippen molar-refractivity contribution in [2.75, 3.05) is 26.0 Å². The fraction of sp³-hybridized carbons (Fsp3) is 0.250. The van der Waals surface area contributed by atoms with Crippen LogP contribution >= 0.6 is 0 Å². The lowest BCUT2D eigenvalue weighted by atomic mass is 10.1. The Balaban J connectivity index is 2.11. The summed E-state index contributed by atoms with van der Waals surface area (Å²) in [6.45, 7) is 2.33. The van der Waals surface area contributed by atoms with E-state index in [-0.39, 0.29) is 24.9 Å². The number of rotatable bonds is 6. The van der Waals surface area contributed by atoms with Crippen LogP contribution in [0.15, 0.2) is 42.5 Å². The van der Waals surface area contributed by atoms with Gasteiger partial charge in [0.25, 0.3) is 5.91 Å². The Morgan fingerprint density at radius 1 is 1.15 bits per heavy atom. The van der Waals surface area contributed by atoms with Crippen molar-refractivity contribution in [1.29, 1.82) is 5.26 Å². The minimum atomic E-state index is -0.173. The summed E-state index contributed by atoms with van der Waals surface area (Å²) in [6, 6.07) is 14.6. The van der Waals surface area contributed by atoms with Crippen LogP contribution in [0.4, 0.5) is 5.69 Å². The van der Waals surface area contributed by atoms with Crippen LogP contribution in [-0.4, -0.2) is 37.4 Å². The van der Waals surface area contributed by atoms with Crippen LogP contribution in [0.1, 0.15) is 27.0 Å². The van der Waals surface area contributed by atoms with Gasteiger partial charge in [0.05, 0.1) is 18.2 Å². The number of aryl methyl sites for hydroxylation is 1. The van der Waals surface area contributed by atoms with Gasteiger partial charge in [-0.2, -0.15) is 5.26 Å². The standard InChI is InChI=1S/C20H22N4O2/c1-14-5-4-6-16(9-14)20(26)23-12-17-8-7-15(11-21)10-18(17)22-13-19(25)24(2)3/h4-10,22H,12-13H2,1-3H3,(H,23,26). The molecule has 2 N–H and O–H groups in total. The lowest BCUT2D eigenvalue weighted by Crippen LogP contribution is -2.29. The molecule has 0 unspecified atom stereocenters. The highest BCUT2D eigenvalue weighted by molar-refractivity contribution is 5.94. The molecule has 2 aromatic rings. The Morgan fingerprint density at radius 2 is 1.92 bits per heavy atom. The zero-order valence-electron chi connectivity index (χ0n) is 15.2. The van der Waals surface area contributed by atoms with Gasteiger partial charge in [-0.05, 0) is 36.8 Å². The molecular formula is C20H22N4O2. The summed E-state index contributed by atoms with van der Waals surface area (Å²) in [5, 5.41) is 15.0. The fourth-order valence-electron chi connectivity index (χ4n) is 2.36. The quantitative estimate of drug-likeness (QED) is 0.837. The number of benzene rings is 2. The highest BCUT2D eigenvalue weighted by Crippen LogP contribution is 2.18. The minimum absolute atomic E-state index is 0.0814. The number of likely N-dealkylation sites (N-methyl/N-ethyl adjacent to an activating group) is 1. The third-order valence-corrected chi connectivity index (χ3v) is 3.89. The Hall–Kier alpha value is -3.33. The first-order valence-corrected chi connectivity index (χ1v) is 8.22. The van der Waals surface area contributed by atoms with Crippen molar-refractivity contribution in [3.05, 3.63) is 64.7 Å². The molecule has 2 amide bonds. The van der Waals surface area contributed by atoms with E-state index in [1.807, 2.05) is 25.1 Å². The first-order chi connectivity index (χ1) is 12.4. The number of nitrogens with zero attached hydrogens (tertiary/aromatic N) is 2. The van der Waals surface area contributed by atoms with Gasteiger partial charge < -0.3 is 15.5 Å². The van der Waals surface area contributed by atoms with Crippen molar-refractivity contribution in [2.24, 2.45) is 0 Å². The predicted molar refractivity (Wildman–Crippen MR) is 101 cm³/mol. The molecule has 0 spiro atoms. The van der Waals surface area contributed by atoms with E-state index in [0.717, 1.165) is 11.1 Å². The van der Waals surface area contributed by atoms with Crippen molar-refractivity contribution in [3.8, 4) is 6.07 Å². The number of hydrogen-bond acceptors (Lipinski definition) is 4.